The number of rotatable bonds is 6. The molecule has 5 aromatic rings. The Balaban J connectivity index is 0.000000235. The van der Waals surface area contributed by atoms with Crippen molar-refractivity contribution in [2.45, 2.75) is 65.5 Å². The summed E-state index contributed by atoms with van der Waals surface area (Å²) in [6.07, 6.45) is 3.98. The van der Waals surface area contributed by atoms with E-state index in [4.69, 9.17) is 0 Å². The summed E-state index contributed by atoms with van der Waals surface area (Å²) >= 11 is 0. The third-order valence-electron chi connectivity index (χ3n) is 9.11. The van der Waals surface area contributed by atoms with E-state index in [1.54, 1.807) is 18.2 Å². The van der Waals surface area contributed by atoms with Crippen LogP contribution in [-0.4, -0.2) is 23.9 Å². The Morgan fingerprint density at radius 3 is 1.65 bits per heavy atom. The Hall–Kier alpha value is -4.16. The second kappa shape index (κ2) is 15.2. The van der Waals surface area contributed by atoms with Gasteiger partial charge in [0.25, 0.3) is 0 Å². The molecule has 0 bridgehead atoms. The Kier molecular flexibility index (Phi) is 11.4. The fourth-order valence-electron chi connectivity index (χ4n) is 6.39. The fraction of sp³-hybridized carbons (Fsp3) is 0.286. The van der Waals surface area contributed by atoms with E-state index in [0.29, 0.717) is 28.7 Å². The van der Waals surface area contributed by atoms with Crippen molar-refractivity contribution in [3.05, 3.63) is 133 Å². The molecule has 0 aliphatic carbocycles. The van der Waals surface area contributed by atoms with E-state index < -0.39 is 11.7 Å². The van der Waals surface area contributed by atoms with Crippen LogP contribution < -0.4 is 14.8 Å². The Labute approximate surface area is 314 Å². The standard InChI is InChI=1S/C29H37N4.C13H7F3N.Pt/c1-20(2)23-15-27(21(3)4)29(28(16-23)22(5)6)24-13-25(32-11-9-30(7)18-32)17-26(14-24)33-12-10-31(8)19-33;14-13(15,16)8-5-6-12-10(7-8)9-3-1-2-4-11(9)17-12;/h9-16,18-22H,1-8H3;1-7H;/q-3;-1;+4. The van der Waals surface area contributed by atoms with E-state index in [2.05, 4.69) is 135 Å². The van der Waals surface area contributed by atoms with Gasteiger partial charge in [0.05, 0.1) is 5.56 Å². The molecule has 0 fully saturated rings. The maximum atomic E-state index is 12.6. The molecule has 0 N–H and O–H groups in total. The zero-order valence-corrected chi connectivity index (χ0v) is 32.5. The maximum Gasteiger partial charge on any atom is 4.00 e. The van der Waals surface area contributed by atoms with Crippen molar-refractivity contribution >= 4 is 33.2 Å². The van der Waals surface area contributed by atoms with Gasteiger partial charge in [0.1, 0.15) is 0 Å². The van der Waals surface area contributed by atoms with E-state index in [1.165, 1.54) is 33.9 Å². The first kappa shape index (κ1) is 38.1. The Morgan fingerprint density at radius 2 is 1.18 bits per heavy atom. The smallest absolute Gasteiger partial charge is 0.657 e. The minimum Gasteiger partial charge on any atom is -0.657 e. The molecule has 2 aliphatic heterocycles. The van der Waals surface area contributed by atoms with Gasteiger partial charge in [-0.25, -0.2) is 0 Å². The molecule has 2 aliphatic rings. The van der Waals surface area contributed by atoms with Crippen LogP contribution in [0.25, 0.3) is 32.9 Å². The summed E-state index contributed by atoms with van der Waals surface area (Å²) in [5, 5.41) is 1.31. The largest absolute Gasteiger partial charge is 4.00 e. The van der Waals surface area contributed by atoms with Crippen molar-refractivity contribution in [3.8, 4) is 11.1 Å². The maximum absolute atomic E-state index is 12.6. The first-order chi connectivity index (χ1) is 23.7. The molecular formula is C42H44F3N5Pt. The Bertz CT molecular complexity index is 1990. The number of nitrogens with zero attached hydrogens (tertiary/aromatic N) is 5. The zero-order valence-electron chi connectivity index (χ0n) is 30.2. The molecule has 51 heavy (non-hydrogen) atoms. The first-order valence-corrected chi connectivity index (χ1v) is 17.0. The quantitative estimate of drug-likeness (QED) is 0.159. The van der Waals surface area contributed by atoms with Crippen LogP contribution in [-0.2, 0) is 27.2 Å². The van der Waals surface area contributed by atoms with Crippen LogP contribution in [0.15, 0.2) is 91.5 Å². The predicted molar refractivity (Wildman–Crippen MR) is 200 cm³/mol. The first-order valence-electron chi connectivity index (χ1n) is 17.0. The minimum absolute atomic E-state index is 0. The molecule has 3 heterocycles. The molecule has 7 rings (SSSR count). The van der Waals surface area contributed by atoms with Crippen LogP contribution in [0.2, 0.25) is 0 Å². The number of fused-ring (bicyclic) bond motifs is 3. The van der Waals surface area contributed by atoms with Crippen LogP contribution in [0.5, 0.6) is 0 Å². The number of hydrogen-bond donors (Lipinski definition) is 0. The third-order valence-corrected chi connectivity index (χ3v) is 9.11. The number of alkyl halides is 3. The van der Waals surface area contributed by atoms with Crippen LogP contribution >= 0.6 is 0 Å². The van der Waals surface area contributed by atoms with Gasteiger partial charge in [0.2, 0.25) is 0 Å². The average molecular weight is 871 g/mol. The predicted octanol–water partition coefficient (Wildman–Crippen LogP) is 11.2. The number of para-hydroxylation sites is 1. The van der Waals surface area contributed by atoms with Crippen molar-refractivity contribution in [1.82, 2.24) is 14.8 Å². The molecule has 1 aromatic heterocycles. The molecule has 268 valence electrons. The fourth-order valence-corrected chi connectivity index (χ4v) is 6.39. The summed E-state index contributed by atoms with van der Waals surface area (Å²) in [6, 6.07) is 23.9. The van der Waals surface area contributed by atoms with Crippen LogP contribution in [0.1, 0.15) is 81.5 Å². The molecule has 0 atom stereocenters. The monoisotopic (exact) mass is 870 g/mol. The van der Waals surface area contributed by atoms with E-state index >= 15 is 0 Å². The molecule has 5 nitrogen and oxygen atoms in total. The van der Waals surface area contributed by atoms with E-state index in [1.807, 2.05) is 20.2 Å². The van der Waals surface area contributed by atoms with Crippen LogP contribution in [0.4, 0.5) is 24.5 Å². The summed E-state index contributed by atoms with van der Waals surface area (Å²) in [5.74, 6) is 1.37. The van der Waals surface area contributed by atoms with Crippen molar-refractivity contribution in [3.63, 3.8) is 0 Å². The number of anilines is 2. The number of halogens is 3. The SMILES string of the molecule is CC(C)c1cc(C(C)C)c(-c2cc(N3C=CN(C)[CH-]3)[c-]c(N3C=CN(C)[CH-]3)c2)c(C(C)C)c1.FC(F)(F)c1ccc2[n-]c3ccccc3c2c1.[Pt+4]. The van der Waals surface area contributed by atoms with Crippen molar-refractivity contribution < 1.29 is 34.2 Å². The Morgan fingerprint density at radius 1 is 0.647 bits per heavy atom. The third kappa shape index (κ3) is 8.17. The van der Waals surface area contributed by atoms with Gasteiger partial charge in [-0.3, -0.25) is 0 Å². The van der Waals surface area contributed by atoms with Gasteiger partial charge in [0, 0.05) is 0 Å². The van der Waals surface area contributed by atoms with Gasteiger partial charge in [-0.15, -0.1) is 46.2 Å². The van der Waals surface area contributed by atoms with Gasteiger partial charge in [0.15, 0.2) is 0 Å². The van der Waals surface area contributed by atoms with Crippen molar-refractivity contribution in [2.75, 3.05) is 23.9 Å². The summed E-state index contributed by atoms with van der Waals surface area (Å²) in [4.78, 5) is 12.7. The van der Waals surface area contributed by atoms with Crippen molar-refractivity contribution in [1.29, 1.82) is 0 Å². The van der Waals surface area contributed by atoms with Gasteiger partial charge in [-0.05, 0) is 95.7 Å². The molecular weight excluding hydrogens is 827 g/mol. The summed E-state index contributed by atoms with van der Waals surface area (Å²) < 4.78 is 37.8. The molecule has 0 unspecified atom stereocenters. The van der Waals surface area contributed by atoms with E-state index in [0.717, 1.165) is 34.4 Å². The number of aromatic nitrogens is 1. The minimum atomic E-state index is -4.31. The van der Waals surface area contributed by atoms with Crippen LogP contribution in [0.3, 0.4) is 0 Å². The average Bonchev–Trinajstić information content (AvgIpc) is 3.81. The number of hydrogen-bond acceptors (Lipinski definition) is 4. The van der Waals surface area contributed by atoms with E-state index in [9.17, 15) is 13.2 Å². The van der Waals surface area contributed by atoms with Gasteiger partial charge in [-0.1, -0.05) is 90.1 Å². The molecule has 4 aromatic carbocycles. The van der Waals surface area contributed by atoms with Gasteiger partial charge >= 0.3 is 27.2 Å². The zero-order chi connectivity index (χ0) is 35.9. The van der Waals surface area contributed by atoms with E-state index in [-0.39, 0.29) is 21.1 Å². The van der Waals surface area contributed by atoms with Gasteiger partial charge in [-0.2, -0.15) is 26.5 Å². The van der Waals surface area contributed by atoms with Crippen LogP contribution in [0, 0.1) is 19.4 Å². The molecule has 9 heteroatoms. The topological polar surface area (TPSA) is 27.1 Å². The van der Waals surface area contributed by atoms with Crippen molar-refractivity contribution in [2.24, 2.45) is 0 Å². The molecule has 0 spiro atoms. The number of benzene rings is 4. The summed E-state index contributed by atoms with van der Waals surface area (Å²) in [6.45, 7) is 18.0. The second-order valence-electron chi connectivity index (χ2n) is 14.0. The molecule has 0 saturated carbocycles. The second-order valence-corrected chi connectivity index (χ2v) is 14.0. The molecule has 0 amide bonds. The summed E-state index contributed by atoms with van der Waals surface area (Å²) in [7, 11) is 4.09. The molecule has 0 saturated heterocycles. The van der Waals surface area contributed by atoms with Gasteiger partial charge < -0.3 is 24.6 Å². The molecule has 0 radical (unpaired) electrons. The normalized spacial score (nSPS) is 14.5. The summed E-state index contributed by atoms with van der Waals surface area (Å²) in [5.41, 5.74) is 9.64.